The van der Waals surface area contributed by atoms with Crippen LogP contribution in [0, 0.1) is 0 Å². The van der Waals surface area contributed by atoms with Crippen molar-refractivity contribution in [2.45, 2.75) is 57.1 Å². The number of carbonyl (C=O) groups is 3. The van der Waals surface area contributed by atoms with Crippen molar-refractivity contribution >= 4 is 51.7 Å². The number of nitrogens with one attached hydrogen (secondary N) is 1. The van der Waals surface area contributed by atoms with Crippen LogP contribution in [0.4, 0.5) is 5.13 Å². The molecule has 0 aliphatic carbocycles. The molecule has 2 aliphatic rings. The maximum atomic E-state index is 13.1. The molecule has 14 heteroatoms. The second kappa shape index (κ2) is 15.0. The third-order valence-corrected chi connectivity index (χ3v) is 7.53. The predicted octanol–water partition coefficient (Wildman–Crippen LogP) is 1.90. The Morgan fingerprint density at radius 1 is 1.24 bits per heavy atom. The number of nitrogens with two attached hydrogens (primary N) is 1. The van der Waals surface area contributed by atoms with Gasteiger partial charge in [-0.2, -0.15) is 0 Å². The highest BCUT2D eigenvalue weighted by Gasteiger charge is 2.53. The van der Waals surface area contributed by atoms with Crippen LogP contribution in [0.1, 0.15) is 45.2 Å². The fourth-order valence-electron chi connectivity index (χ4n) is 3.68. The zero-order valence-corrected chi connectivity index (χ0v) is 23.5. The van der Waals surface area contributed by atoms with Gasteiger partial charge in [0.25, 0.3) is 11.8 Å². The Kier molecular flexibility index (Phi) is 11.8. The summed E-state index contributed by atoms with van der Waals surface area (Å²) >= 11 is 2.57. The summed E-state index contributed by atoms with van der Waals surface area (Å²) in [4.78, 5) is 49.2. The van der Waals surface area contributed by atoms with Crippen molar-refractivity contribution < 1.29 is 33.4 Å². The molecule has 0 aromatic carbocycles. The van der Waals surface area contributed by atoms with Gasteiger partial charge in [0.15, 0.2) is 10.8 Å². The Hall–Kier alpha value is -2.68. The van der Waals surface area contributed by atoms with Crippen LogP contribution in [0.15, 0.2) is 22.3 Å². The minimum atomic E-state index is -0.854. The van der Waals surface area contributed by atoms with E-state index in [-0.39, 0.29) is 35.4 Å². The molecule has 3 heterocycles. The van der Waals surface area contributed by atoms with Crippen molar-refractivity contribution in [2.24, 2.45) is 5.16 Å². The smallest absolute Gasteiger partial charge is 0.355 e. The largest absolute Gasteiger partial charge is 0.453 e. The van der Waals surface area contributed by atoms with Crippen LogP contribution in [0.2, 0.25) is 0 Å². The molecule has 1 unspecified atom stereocenters. The van der Waals surface area contributed by atoms with E-state index in [0.717, 1.165) is 37.0 Å². The number of esters is 1. The molecule has 1 fully saturated rings. The first-order valence-corrected chi connectivity index (χ1v) is 14.5. The maximum Gasteiger partial charge on any atom is 0.355 e. The third-order valence-electron chi connectivity index (χ3n) is 5.67. The Morgan fingerprint density at radius 2 is 1.92 bits per heavy atom. The number of carbonyl (C=O) groups excluding carboxylic acids is 3. The van der Waals surface area contributed by atoms with Crippen LogP contribution in [0.5, 0.6) is 0 Å². The average molecular weight is 570 g/mol. The zero-order chi connectivity index (χ0) is 27.5. The highest BCUT2D eigenvalue weighted by molar-refractivity contribution is 8.00. The highest BCUT2D eigenvalue weighted by Crippen LogP contribution is 2.38. The van der Waals surface area contributed by atoms with Gasteiger partial charge in [0.2, 0.25) is 0 Å². The molecule has 12 nitrogen and oxygen atoms in total. The molecule has 3 N–H and O–H groups in total. The van der Waals surface area contributed by atoms with Crippen LogP contribution in [-0.4, -0.2) is 90.2 Å². The van der Waals surface area contributed by atoms with Crippen molar-refractivity contribution in [1.82, 2.24) is 15.2 Å². The molecule has 0 bridgehead atoms. The summed E-state index contributed by atoms with van der Waals surface area (Å²) in [7, 11) is 1.30. The topological polar surface area (TPSA) is 155 Å². The van der Waals surface area contributed by atoms with E-state index in [9.17, 15) is 14.4 Å². The number of rotatable bonds is 16. The highest BCUT2D eigenvalue weighted by atomic mass is 32.2. The standard InChI is InChI=1S/C24H35N5O7S2/c1-4-6-9-34-12-15(13-35-10-7-5-2)36-23(32)17-8-11-37-22-19(21(31)29(17)22)27-20(30)18(28-33-3)16-14-38-24(25)26-16/h8,14-15,19,22H,4-7,9-13H2,1-3H3,(H2,25,26)(H,27,30)/t19?,22-/m0/s1. The van der Waals surface area contributed by atoms with Crippen molar-refractivity contribution in [3.8, 4) is 0 Å². The van der Waals surface area contributed by atoms with Crippen LogP contribution in [0.3, 0.4) is 0 Å². The second-order valence-corrected chi connectivity index (χ2v) is 10.6. The number of nitrogen functional groups attached to an aromatic ring is 1. The predicted molar refractivity (Wildman–Crippen MR) is 145 cm³/mol. The third kappa shape index (κ3) is 7.68. The number of amides is 2. The van der Waals surface area contributed by atoms with Gasteiger partial charge in [0, 0.05) is 24.3 Å². The number of oxime groups is 1. The first-order chi connectivity index (χ1) is 18.4. The lowest BCUT2D eigenvalue weighted by Gasteiger charge is -2.48. The van der Waals surface area contributed by atoms with Crippen LogP contribution in [-0.2, 0) is 33.4 Å². The summed E-state index contributed by atoms with van der Waals surface area (Å²) in [5, 5.41) is 7.80. The minimum Gasteiger partial charge on any atom is -0.453 e. The summed E-state index contributed by atoms with van der Waals surface area (Å²) in [6.45, 7) is 5.68. The van der Waals surface area contributed by atoms with Gasteiger partial charge in [0.05, 0.1) is 13.2 Å². The molecule has 3 rings (SSSR count). The Labute approximate surface area is 230 Å². The van der Waals surface area contributed by atoms with E-state index >= 15 is 0 Å². The van der Waals surface area contributed by atoms with Gasteiger partial charge < -0.3 is 30.1 Å². The Balaban J connectivity index is 1.61. The summed E-state index contributed by atoms with van der Waals surface area (Å²) in [6.07, 6.45) is 4.86. The fourth-order valence-corrected chi connectivity index (χ4v) is 5.42. The number of aromatic nitrogens is 1. The number of thiazole rings is 1. The molecule has 0 radical (unpaired) electrons. The van der Waals surface area contributed by atoms with Gasteiger partial charge in [-0.15, -0.1) is 23.1 Å². The molecule has 2 aliphatic heterocycles. The van der Waals surface area contributed by atoms with E-state index < -0.39 is 35.3 Å². The van der Waals surface area contributed by atoms with E-state index in [2.05, 4.69) is 29.3 Å². The summed E-state index contributed by atoms with van der Waals surface area (Å²) in [5.41, 5.74) is 5.96. The maximum absolute atomic E-state index is 13.1. The van der Waals surface area contributed by atoms with E-state index in [0.29, 0.717) is 19.0 Å². The van der Waals surface area contributed by atoms with Gasteiger partial charge in [-0.3, -0.25) is 14.5 Å². The number of thioether (sulfide) groups is 1. The quantitative estimate of drug-likeness (QED) is 0.0991. The van der Waals surface area contributed by atoms with Gasteiger partial charge >= 0.3 is 5.97 Å². The van der Waals surface area contributed by atoms with Crippen molar-refractivity contribution in [1.29, 1.82) is 0 Å². The lowest BCUT2D eigenvalue weighted by atomic mass is 10.0. The monoisotopic (exact) mass is 569 g/mol. The second-order valence-electron chi connectivity index (χ2n) is 8.55. The number of hydrogen-bond donors (Lipinski definition) is 2. The first kappa shape index (κ1) is 29.9. The van der Waals surface area contributed by atoms with Crippen LogP contribution >= 0.6 is 23.1 Å². The molecule has 2 amide bonds. The van der Waals surface area contributed by atoms with Gasteiger partial charge in [0.1, 0.15) is 36.0 Å². The molecule has 1 aromatic rings. The Morgan fingerprint density at radius 3 is 2.50 bits per heavy atom. The molecule has 210 valence electrons. The first-order valence-electron chi connectivity index (χ1n) is 12.6. The molecule has 0 saturated carbocycles. The molecule has 2 atom stereocenters. The fraction of sp³-hybridized carbons (Fsp3) is 0.625. The number of anilines is 1. The summed E-state index contributed by atoms with van der Waals surface area (Å²) in [5.74, 6) is -1.22. The lowest BCUT2D eigenvalue weighted by molar-refractivity contribution is -0.159. The number of unbranched alkanes of at least 4 members (excludes halogenated alkanes) is 2. The van der Waals surface area contributed by atoms with E-state index in [1.165, 1.54) is 23.8 Å². The molecular formula is C24H35N5O7S2. The number of ether oxygens (including phenoxy) is 3. The SMILES string of the molecule is CCCCOCC(COCCCC)OC(=O)C1=CCS[C@H]2C(NC(=O)C(=NOC)c3csc(N)n3)C(=O)N12. The summed E-state index contributed by atoms with van der Waals surface area (Å²) < 4.78 is 17.0. The van der Waals surface area contributed by atoms with Crippen molar-refractivity contribution in [3.05, 3.63) is 22.8 Å². The normalized spacial score (nSPS) is 19.1. The number of β-lactam (4-membered cyclic amide) rings is 1. The number of fused-ring (bicyclic) bond motifs is 1. The number of nitrogens with zero attached hydrogens (tertiary/aromatic N) is 3. The van der Waals surface area contributed by atoms with Gasteiger partial charge in [-0.05, 0) is 18.9 Å². The number of hydrogen-bond acceptors (Lipinski definition) is 12. The van der Waals surface area contributed by atoms with E-state index in [1.54, 1.807) is 11.5 Å². The van der Waals surface area contributed by atoms with Crippen LogP contribution in [0.25, 0.3) is 0 Å². The van der Waals surface area contributed by atoms with Gasteiger partial charge in [-0.25, -0.2) is 9.78 Å². The van der Waals surface area contributed by atoms with Crippen LogP contribution < -0.4 is 11.1 Å². The molecule has 0 spiro atoms. The van der Waals surface area contributed by atoms with Crippen molar-refractivity contribution in [3.63, 3.8) is 0 Å². The summed E-state index contributed by atoms with van der Waals surface area (Å²) in [6, 6.07) is -0.854. The average Bonchev–Trinajstić information content (AvgIpc) is 3.35. The zero-order valence-electron chi connectivity index (χ0n) is 21.8. The molecular weight excluding hydrogens is 534 g/mol. The molecule has 1 saturated heterocycles. The molecule has 38 heavy (non-hydrogen) atoms. The lowest BCUT2D eigenvalue weighted by Crippen LogP contribution is -2.70. The van der Waals surface area contributed by atoms with E-state index in [1.807, 2.05) is 0 Å². The van der Waals surface area contributed by atoms with Crippen molar-refractivity contribution in [2.75, 3.05) is 45.0 Å². The molecule has 1 aromatic heterocycles. The Bertz CT molecular complexity index is 1020. The van der Waals surface area contributed by atoms with E-state index in [4.69, 9.17) is 24.8 Å². The minimum absolute atomic E-state index is 0.100. The van der Waals surface area contributed by atoms with Gasteiger partial charge in [-0.1, -0.05) is 31.8 Å².